The zero-order valence-corrected chi connectivity index (χ0v) is 26.4. The van der Waals surface area contributed by atoms with Crippen LogP contribution < -0.4 is 10.6 Å². The Kier molecular flexibility index (Phi) is 7.69. The van der Waals surface area contributed by atoms with Crippen LogP contribution in [0.2, 0.25) is 0 Å². The lowest BCUT2D eigenvalue weighted by Gasteiger charge is -2.59. The number of esters is 1. The number of carbonyl (C=O) groups is 1. The maximum atomic E-state index is 14.4. The van der Waals surface area contributed by atoms with E-state index in [0.717, 1.165) is 16.7 Å². The summed E-state index contributed by atoms with van der Waals surface area (Å²) in [4.78, 5) is 14.4. The molecule has 2 saturated heterocycles. The van der Waals surface area contributed by atoms with Gasteiger partial charge in [0.15, 0.2) is 17.4 Å². The van der Waals surface area contributed by atoms with Gasteiger partial charge in [0.2, 0.25) is 0 Å². The Balaban J connectivity index is 1.38. The van der Waals surface area contributed by atoms with E-state index in [0.29, 0.717) is 12.5 Å². The minimum absolute atomic E-state index is 0.153. The summed E-state index contributed by atoms with van der Waals surface area (Å²) < 4.78 is 26.9. The molecule has 4 aliphatic rings. The molecule has 3 heterocycles. The third-order valence-electron chi connectivity index (χ3n) is 9.87. The van der Waals surface area contributed by atoms with E-state index in [1.807, 2.05) is 105 Å². The maximum absolute atomic E-state index is 14.4. The number of nitrogens with one attached hydrogen (secondary N) is 2. The molecule has 10 nitrogen and oxygen atoms in total. The van der Waals surface area contributed by atoms with Gasteiger partial charge in [0.25, 0.3) is 0 Å². The number of carbonyl (C=O) groups excluding carboxylic acids is 1. The number of hydrogen-bond donors (Lipinski definition) is 4. The number of rotatable bonds is 8. The first-order valence-corrected chi connectivity index (χ1v) is 15.9. The number of benzene rings is 3. The van der Waals surface area contributed by atoms with Gasteiger partial charge in [0, 0.05) is 5.92 Å². The molecule has 3 aromatic carbocycles. The molecule has 0 radical (unpaired) electrons. The second kappa shape index (κ2) is 11.5. The quantitative estimate of drug-likeness (QED) is 0.221. The molecule has 1 saturated carbocycles. The molecule has 4 N–H and O–H groups in total. The second-order valence-electron chi connectivity index (χ2n) is 13.5. The van der Waals surface area contributed by atoms with Crippen LogP contribution in [0.4, 0.5) is 0 Å². The summed E-state index contributed by atoms with van der Waals surface area (Å²) in [5.74, 6) is -1.95. The van der Waals surface area contributed by atoms with E-state index >= 15 is 0 Å². The molecule has 3 aromatic rings. The summed E-state index contributed by atoms with van der Waals surface area (Å²) in [6, 6.07) is 29.2. The number of guanidine groups is 1. The summed E-state index contributed by atoms with van der Waals surface area (Å²) in [6.07, 6.45) is -2.48. The average Bonchev–Trinajstić information content (AvgIpc) is 3.54. The fraction of sp³-hybridized carbons (Fsp3) is 0.444. The van der Waals surface area contributed by atoms with Crippen molar-refractivity contribution < 1.29 is 38.5 Å². The summed E-state index contributed by atoms with van der Waals surface area (Å²) in [6.45, 7) is 6.32. The Labute approximate surface area is 269 Å². The molecule has 3 aliphatic heterocycles. The first-order chi connectivity index (χ1) is 22.0. The highest BCUT2D eigenvalue weighted by Gasteiger charge is 2.84. The molecule has 2 bridgehead atoms. The molecule has 0 amide bonds. The van der Waals surface area contributed by atoms with Crippen LogP contribution in [0.25, 0.3) is 0 Å². The van der Waals surface area contributed by atoms with Crippen LogP contribution in [0.5, 0.6) is 0 Å². The standard InChI is InChI=1S/C36H41N3O7/c1-33(2)44-23-28(46-33)27-19-34(3,41)29-30(43-22-26-17-11-6-12-18-26)35(27)36(42,31(40)45-29)39(21-25-15-9-5-10-16-25)32(38-35)37-20-24-13-7-4-8-14-24/h4-18,27-30,41-42H,19-23H2,1-3H3,(H,37,38)/p+1/t27-,28-,29+,30?,34+,35-,36-/m1/s1. The van der Waals surface area contributed by atoms with E-state index in [1.165, 1.54) is 0 Å². The van der Waals surface area contributed by atoms with Gasteiger partial charge in [0.1, 0.15) is 11.7 Å². The molecule has 1 unspecified atom stereocenters. The van der Waals surface area contributed by atoms with Gasteiger partial charge in [0.05, 0.1) is 32.4 Å². The van der Waals surface area contributed by atoms with Crippen LogP contribution in [0.15, 0.2) is 91.0 Å². The van der Waals surface area contributed by atoms with Gasteiger partial charge in [-0.2, -0.15) is 0 Å². The molecular formula is C36H42N3O7+. The van der Waals surface area contributed by atoms with E-state index in [2.05, 4.69) is 10.6 Å². The molecule has 10 heteroatoms. The van der Waals surface area contributed by atoms with Crippen molar-refractivity contribution in [3.05, 3.63) is 108 Å². The molecular weight excluding hydrogens is 586 g/mol. The van der Waals surface area contributed by atoms with Crippen molar-refractivity contribution in [3.8, 4) is 0 Å². The number of nitrogens with zero attached hydrogens (tertiary/aromatic N) is 1. The Morgan fingerprint density at radius 2 is 1.52 bits per heavy atom. The number of hydrogen-bond acceptors (Lipinski definition) is 9. The van der Waals surface area contributed by atoms with Crippen molar-refractivity contribution >= 4 is 11.9 Å². The van der Waals surface area contributed by atoms with Crippen molar-refractivity contribution in [2.75, 3.05) is 6.61 Å². The van der Waals surface area contributed by atoms with Crippen molar-refractivity contribution in [1.29, 1.82) is 0 Å². The highest BCUT2D eigenvalue weighted by molar-refractivity contribution is 5.89. The predicted octanol–water partition coefficient (Wildman–Crippen LogP) is 2.81. The van der Waals surface area contributed by atoms with Crippen molar-refractivity contribution in [1.82, 2.24) is 10.6 Å². The zero-order chi connectivity index (χ0) is 32.2. The van der Waals surface area contributed by atoms with E-state index in [-0.39, 0.29) is 26.2 Å². The average molecular weight is 629 g/mol. The molecule has 1 spiro atoms. The van der Waals surface area contributed by atoms with Crippen molar-refractivity contribution in [2.24, 2.45) is 5.92 Å². The maximum Gasteiger partial charge on any atom is 0.380 e. The smallest absolute Gasteiger partial charge is 0.380 e. The van der Waals surface area contributed by atoms with Gasteiger partial charge < -0.3 is 29.2 Å². The monoisotopic (exact) mass is 628 g/mol. The Hall–Kier alpha value is -3.80. The van der Waals surface area contributed by atoms with E-state index in [1.54, 1.807) is 11.5 Å². The normalized spacial score (nSPS) is 34.5. The number of fused-ring (bicyclic) bond motifs is 1. The van der Waals surface area contributed by atoms with E-state index in [4.69, 9.17) is 18.9 Å². The summed E-state index contributed by atoms with van der Waals surface area (Å²) in [5, 5.41) is 32.2. The van der Waals surface area contributed by atoms with Crippen LogP contribution >= 0.6 is 0 Å². The summed E-state index contributed by atoms with van der Waals surface area (Å²) in [5.41, 5.74) is -2.45. The first-order valence-electron chi connectivity index (χ1n) is 15.9. The van der Waals surface area contributed by atoms with Crippen LogP contribution in [-0.4, -0.2) is 74.3 Å². The molecule has 242 valence electrons. The lowest BCUT2D eigenvalue weighted by Crippen LogP contribution is -2.86. The lowest BCUT2D eigenvalue weighted by atomic mass is 9.57. The van der Waals surface area contributed by atoms with Gasteiger partial charge in [-0.3, -0.25) is 10.6 Å². The van der Waals surface area contributed by atoms with Gasteiger partial charge in [-0.05, 0) is 43.9 Å². The van der Waals surface area contributed by atoms with Gasteiger partial charge in [-0.1, -0.05) is 91.0 Å². The Morgan fingerprint density at radius 1 is 0.913 bits per heavy atom. The molecule has 7 atom stereocenters. The molecule has 1 aliphatic carbocycles. The first kappa shape index (κ1) is 30.8. The SMILES string of the molecule is CC1(C)OC[C@H]([C@H]2C[C@](C)(O)[C@H]3OC(=O)[C@]4(O)[N+](Cc5ccccc5)=C(NCc5ccccc5)N[C@@]24C3OCc2ccccc2)O1. The van der Waals surface area contributed by atoms with Gasteiger partial charge in [-0.15, -0.1) is 0 Å². The number of aliphatic hydroxyl groups is 2. The largest absolute Gasteiger partial charge is 0.452 e. The van der Waals surface area contributed by atoms with Crippen LogP contribution in [0.1, 0.15) is 43.9 Å². The summed E-state index contributed by atoms with van der Waals surface area (Å²) in [7, 11) is 0. The van der Waals surface area contributed by atoms with Crippen molar-refractivity contribution in [2.45, 2.75) is 87.9 Å². The molecule has 0 aromatic heterocycles. The van der Waals surface area contributed by atoms with Crippen LogP contribution in [-0.2, 0) is 43.4 Å². The fourth-order valence-corrected chi connectivity index (χ4v) is 7.72. The third kappa shape index (κ3) is 5.09. The van der Waals surface area contributed by atoms with Crippen molar-refractivity contribution in [3.63, 3.8) is 0 Å². The third-order valence-corrected chi connectivity index (χ3v) is 9.87. The van der Waals surface area contributed by atoms with E-state index < -0.39 is 52.9 Å². The minimum atomic E-state index is -2.25. The molecule has 3 fully saturated rings. The Morgan fingerprint density at radius 3 is 2.13 bits per heavy atom. The van der Waals surface area contributed by atoms with Gasteiger partial charge >= 0.3 is 17.7 Å². The second-order valence-corrected chi connectivity index (χ2v) is 13.5. The topological polar surface area (TPSA) is 122 Å². The predicted molar refractivity (Wildman–Crippen MR) is 168 cm³/mol. The van der Waals surface area contributed by atoms with Gasteiger partial charge in [-0.25, -0.2) is 9.37 Å². The lowest BCUT2D eigenvalue weighted by molar-refractivity contribution is -0.666. The van der Waals surface area contributed by atoms with Crippen LogP contribution in [0.3, 0.4) is 0 Å². The highest BCUT2D eigenvalue weighted by atomic mass is 16.7. The fourth-order valence-electron chi connectivity index (χ4n) is 7.72. The van der Waals surface area contributed by atoms with E-state index in [9.17, 15) is 15.0 Å². The summed E-state index contributed by atoms with van der Waals surface area (Å²) >= 11 is 0. The Bertz CT molecular complexity index is 1600. The highest BCUT2D eigenvalue weighted by Crippen LogP contribution is 2.56. The minimum Gasteiger partial charge on any atom is -0.452 e. The zero-order valence-electron chi connectivity index (χ0n) is 26.4. The molecule has 7 rings (SSSR count). The van der Waals surface area contributed by atoms with Crippen LogP contribution in [0, 0.1) is 5.92 Å². The number of ether oxygens (including phenoxy) is 4. The molecule has 46 heavy (non-hydrogen) atoms.